The van der Waals surface area contributed by atoms with Crippen molar-refractivity contribution in [2.24, 2.45) is 10.4 Å². The molecule has 0 amide bonds. The van der Waals surface area contributed by atoms with E-state index in [1.54, 1.807) is 7.11 Å². The lowest BCUT2D eigenvalue weighted by Gasteiger charge is -2.23. The quantitative estimate of drug-likeness (QED) is 0.256. The summed E-state index contributed by atoms with van der Waals surface area (Å²) in [7, 11) is 1.72. The molecule has 3 aromatic rings. The number of hydrogen-bond donors (Lipinski definition) is 1. The summed E-state index contributed by atoms with van der Waals surface area (Å²) in [5, 5.41) is 11.4. The van der Waals surface area contributed by atoms with Gasteiger partial charge in [0.2, 0.25) is 0 Å². The Kier molecular flexibility index (Phi) is 10.0. The smallest absolute Gasteiger partial charge is 0.0969 e. The van der Waals surface area contributed by atoms with Gasteiger partial charge in [-0.05, 0) is 83.2 Å². The maximum Gasteiger partial charge on any atom is 0.0969 e. The van der Waals surface area contributed by atoms with Crippen molar-refractivity contribution in [3.05, 3.63) is 59.4 Å². The number of rotatable bonds is 12. The zero-order chi connectivity index (χ0) is 28.0. The first-order valence-electron chi connectivity index (χ1n) is 13.7. The molecule has 6 nitrogen and oxygen atoms in total. The van der Waals surface area contributed by atoms with E-state index in [-0.39, 0.29) is 24.2 Å². The van der Waals surface area contributed by atoms with Gasteiger partial charge in [-0.1, -0.05) is 26.0 Å². The molecule has 2 unspecified atom stereocenters. The van der Waals surface area contributed by atoms with Crippen LogP contribution in [-0.4, -0.2) is 46.8 Å². The Bertz CT molecular complexity index is 1300. The van der Waals surface area contributed by atoms with Crippen LogP contribution in [0.25, 0.3) is 27.9 Å². The topological polar surface area (TPSA) is 68.9 Å². The van der Waals surface area contributed by atoms with Gasteiger partial charge in [0.15, 0.2) is 0 Å². The van der Waals surface area contributed by atoms with Crippen LogP contribution in [0.1, 0.15) is 78.3 Å². The van der Waals surface area contributed by atoms with E-state index in [0.29, 0.717) is 6.61 Å². The van der Waals surface area contributed by atoms with Crippen molar-refractivity contribution in [3.8, 4) is 11.3 Å². The highest BCUT2D eigenvalue weighted by molar-refractivity contribution is 5.96. The molecule has 3 rings (SSSR count). The highest BCUT2D eigenvalue weighted by Crippen LogP contribution is 2.41. The summed E-state index contributed by atoms with van der Waals surface area (Å²) in [4.78, 5) is 9.67. The fraction of sp³-hybridized carbons (Fsp3) is 0.500. The van der Waals surface area contributed by atoms with Gasteiger partial charge in [-0.25, -0.2) is 0 Å². The van der Waals surface area contributed by atoms with Crippen molar-refractivity contribution in [2.45, 2.75) is 80.6 Å². The van der Waals surface area contributed by atoms with Gasteiger partial charge in [-0.15, -0.1) is 0 Å². The third kappa shape index (κ3) is 6.25. The number of aryl methyl sites for hydroxylation is 1. The fourth-order valence-corrected chi connectivity index (χ4v) is 4.93. The van der Waals surface area contributed by atoms with Gasteiger partial charge in [0.25, 0.3) is 0 Å². The molecule has 0 fully saturated rings. The predicted molar refractivity (Wildman–Crippen MR) is 159 cm³/mol. The molecule has 0 spiro atoms. The number of allylic oxidation sites excluding steroid dienone is 1. The Morgan fingerprint density at radius 2 is 1.95 bits per heavy atom. The number of methoxy groups -OCH3 is 1. The largest absolute Gasteiger partial charge is 0.396 e. The van der Waals surface area contributed by atoms with Crippen molar-refractivity contribution in [3.63, 3.8) is 0 Å². The maximum atomic E-state index is 10.2. The molecule has 206 valence electrons. The molecule has 2 atom stereocenters. The van der Waals surface area contributed by atoms with E-state index < -0.39 is 0 Å². The van der Waals surface area contributed by atoms with Gasteiger partial charge in [-0.3, -0.25) is 9.98 Å². The van der Waals surface area contributed by atoms with Crippen molar-refractivity contribution in [1.29, 1.82) is 0 Å². The third-order valence-corrected chi connectivity index (χ3v) is 7.27. The van der Waals surface area contributed by atoms with Gasteiger partial charge in [0.1, 0.15) is 0 Å². The second kappa shape index (κ2) is 12.8. The van der Waals surface area contributed by atoms with Crippen LogP contribution in [-0.2, 0) is 22.4 Å². The highest BCUT2D eigenvalue weighted by atomic mass is 16.5. The van der Waals surface area contributed by atoms with Gasteiger partial charge in [0, 0.05) is 60.8 Å². The molecular weight excluding hydrogens is 474 g/mol. The van der Waals surface area contributed by atoms with Gasteiger partial charge >= 0.3 is 0 Å². The molecule has 0 bridgehead atoms. The van der Waals surface area contributed by atoms with E-state index in [9.17, 15) is 5.11 Å². The monoisotopic (exact) mass is 519 g/mol. The zero-order valence-electron chi connectivity index (χ0n) is 24.6. The number of aromatic nitrogens is 2. The van der Waals surface area contributed by atoms with Crippen LogP contribution in [0.2, 0.25) is 0 Å². The summed E-state index contributed by atoms with van der Waals surface area (Å²) in [5.41, 5.74) is 8.12. The number of aliphatic imine (C=N–C) groups is 1. The first-order valence-corrected chi connectivity index (χ1v) is 13.7. The van der Waals surface area contributed by atoms with Crippen LogP contribution in [0, 0.1) is 5.41 Å². The Hall–Kier alpha value is -2.80. The van der Waals surface area contributed by atoms with Crippen LogP contribution >= 0.6 is 0 Å². The normalized spacial score (nSPS) is 14.8. The van der Waals surface area contributed by atoms with Gasteiger partial charge < -0.3 is 19.1 Å². The average Bonchev–Trinajstić information content (AvgIpc) is 3.22. The van der Waals surface area contributed by atoms with Crippen molar-refractivity contribution >= 4 is 22.3 Å². The molecule has 0 saturated heterocycles. The fourth-order valence-electron chi connectivity index (χ4n) is 4.93. The third-order valence-electron chi connectivity index (χ3n) is 7.27. The Morgan fingerprint density at radius 1 is 1.21 bits per heavy atom. The van der Waals surface area contributed by atoms with Gasteiger partial charge in [-0.2, -0.15) is 0 Å². The van der Waals surface area contributed by atoms with E-state index in [4.69, 9.17) is 19.5 Å². The van der Waals surface area contributed by atoms with E-state index in [2.05, 4.69) is 55.7 Å². The number of aliphatic hydroxyl groups excluding tert-OH is 1. The number of nitrogens with zero attached hydrogens (tertiary/aromatic N) is 3. The number of fused-ring (bicyclic) bond motifs is 1. The minimum Gasteiger partial charge on any atom is -0.396 e. The molecule has 6 heteroatoms. The number of ether oxygens (including phenoxy) is 2. The maximum absolute atomic E-state index is 10.2. The van der Waals surface area contributed by atoms with E-state index in [0.717, 1.165) is 52.4 Å². The van der Waals surface area contributed by atoms with Gasteiger partial charge in [0.05, 0.1) is 29.3 Å². The first-order chi connectivity index (χ1) is 18.1. The van der Waals surface area contributed by atoms with E-state index >= 15 is 0 Å². The molecule has 0 radical (unpaired) electrons. The minimum atomic E-state index is -0.294. The first kappa shape index (κ1) is 29.8. The number of hydrogen-bond acceptors (Lipinski definition) is 5. The van der Waals surface area contributed by atoms with Crippen molar-refractivity contribution < 1.29 is 14.6 Å². The molecule has 0 saturated carbocycles. The average molecular weight is 520 g/mol. The van der Waals surface area contributed by atoms with Crippen molar-refractivity contribution in [1.82, 2.24) is 9.55 Å². The van der Waals surface area contributed by atoms with Crippen LogP contribution in [0.3, 0.4) is 0 Å². The van der Waals surface area contributed by atoms with E-state index in [1.807, 2.05) is 46.9 Å². The number of benzene rings is 1. The molecule has 0 aliphatic rings. The molecule has 0 aliphatic carbocycles. The minimum absolute atomic E-state index is 0.0425. The SMILES string of the molecule is C/C=C(\N=C(C)C(C)OCC)c1ccc2c(c1)c(CC(C)(C)CO)c(-c1cccnc1C(C)OC)n2CC. The molecule has 2 heterocycles. The molecule has 2 aromatic heterocycles. The second-order valence-corrected chi connectivity index (χ2v) is 10.6. The summed E-state index contributed by atoms with van der Waals surface area (Å²) >= 11 is 0. The van der Waals surface area contributed by atoms with Crippen molar-refractivity contribution in [2.75, 3.05) is 20.3 Å². The van der Waals surface area contributed by atoms with Crippen LogP contribution in [0.5, 0.6) is 0 Å². The molecule has 1 N–H and O–H groups in total. The Balaban J connectivity index is 2.33. The Morgan fingerprint density at radius 3 is 2.55 bits per heavy atom. The lowest BCUT2D eigenvalue weighted by molar-refractivity contribution is 0.116. The summed E-state index contributed by atoms with van der Waals surface area (Å²) < 4.78 is 13.8. The van der Waals surface area contributed by atoms with E-state index in [1.165, 1.54) is 10.9 Å². The number of pyridine rings is 1. The zero-order valence-corrected chi connectivity index (χ0v) is 24.6. The summed E-state index contributed by atoms with van der Waals surface area (Å²) in [6.45, 7) is 18.1. The molecule has 0 aliphatic heterocycles. The molecule has 1 aromatic carbocycles. The molecule has 38 heavy (non-hydrogen) atoms. The second-order valence-electron chi connectivity index (χ2n) is 10.6. The Labute approximate surface area is 228 Å². The highest BCUT2D eigenvalue weighted by Gasteiger charge is 2.27. The lowest BCUT2D eigenvalue weighted by atomic mass is 9.84. The van der Waals surface area contributed by atoms with Crippen LogP contribution < -0.4 is 0 Å². The lowest BCUT2D eigenvalue weighted by Crippen LogP contribution is -2.20. The summed E-state index contributed by atoms with van der Waals surface area (Å²) in [6.07, 6.45) is 4.40. The van der Waals surface area contributed by atoms with Crippen LogP contribution in [0.4, 0.5) is 0 Å². The summed E-state index contributed by atoms with van der Waals surface area (Å²) in [6, 6.07) is 10.7. The molecular formula is C32H45N3O3. The summed E-state index contributed by atoms with van der Waals surface area (Å²) in [5.74, 6) is 0. The number of aliphatic hydroxyl groups is 1. The predicted octanol–water partition coefficient (Wildman–Crippen LogP) is 7.24. The van der Waals surface area contributed by atoms with Crippen LogP contribution in [0.15, 0.2) is 47.6 Å². The standard InChI is InChI=1S/C32H45N3O3/c1-10-28(34-21(4)22(5)38-12-3)24-15-16-29-26(18-24)27(19-32(7,8)20-36)31(35(29)11-2)25-14-13-17-33-30(25)23(6)37-9/h10,13-18,22-23,36H,11-12,19-20H2,1-9H3/b28-10-,34-21?.